The van der Waals surface area contributed by atoms with Gasteiger partial charge in [0, 0.05) is 29.8 Å². The molecule has 18 heavy (non-hydrogen) atoms. The second kappa shape index (κ2) is 5.35. The molecule has 1 saturated heterocycles. The van der Waals surface area contributed by atoms with Crippen LogP contribution in [0, 0.1) is 5.92 Å². The van der Waals surface area contributed by atoms with Gasteiger partial charge < -0.3 is 10.2 Å². The summed E-state index contributed by atoms with van der Waals surface area (Å²) in [5.74, 6) is 1.52. The number of hydrogen-bond donors (Lipinski definition) is 1. The van der Waals surface area contributed by atoms with Crippen LogP contribution in [-0.4, -0.2) is 35.6 Å². The predicted octanol–water partition coefficient (Wildman–Crippen LogP) is 3.39. The first-order valence-corrected chi connectivity index (χ1v) is 7.68. The van der Waals surface area contributed by atoms with Gasteiger partial charge in [-0.25, -0.2) is 4.98 Å². The lowest BCUT2D eigenvalue weighted by Crippen LogP contribution is -2.25. The SMILES string of the molecule is Clc1cc(Br)cnc1NCC1CCN(C2CC2)C1. The summed E-state index contributed by atoms with van der Waals surface area (Å²) in [6, 6.07) is 2.77. The zero-order valence-electron chi connectivity index (χ0n) is 10.2. The Morgan fingerprint density at radius 3 is 3.00 bits per heavy atom. The molecule has 0 radical (unpaired) electrons. The van der Waals surface area contributed by atoms with Crippen LogP contribution < -0.4 is 5.32 Å². The summed E-state index contributed by atoms with van der Waals surface area (Å²) >= 11 is 9.50. The molecular weight excluding hydrogens is 314 g/mol. The number of likely N-dealkylation sites (tertiary alicyclic amines) is 1. The van der Waals surface area contributed by atoms with Crippen molar-refractivity contribution in [2.45, 2.75) is 25.3 Å². The third-order valence-corrected chi connectivity index (χ3v) is 4.47. The highest BCUT2D eigenvalue weighted by Crippen LogP contribution is 2.32. The van der Waals surface area contributed by atoms with Crippen molar-refractivity contribution in [1.29, 1.82) is 0 Å². The van der Waals surface area contributed by atoms with Crippen molar-refractivity contribution in [2.75, 3.05) is 25.0 Å². The molecule has 1 aliphatic heterocycles. The van der Waals surface area contributed by atoms with Crippen molar-refractivity contribution >= 4 is 33.3 Å². The standard InChI is InChI=1S/C13H17BrClN3/c14-10-5-12(15)13(17-7-10)16-6-9-3-4-18(8-9)11-1-2-11/h5,7,9,11H,1-4,6,8H2,(H,16,17). The van der Waals surface area contributed by atoms with Crippen molar-refractivity contribution in [3.8, 4) is 0 Å². The van der Waals surface area contributed by atoms with Crippen LogP contribution in [0.3, 0.4) is 0 Å². The number of halogens is 2. The van der Waals surface area contributed by atoms with Gasteiger partial charge in [-0.1, -0.05) is 11.6 Å². The molecule has 98 valence electrons. The number of aromatic nitrogens is 1. The predicted molar refractivity (Wildman–Crippen MR) is 78.1 cm³/mol. The first-order chi connectivity index (χ1) is 8.72. The normalized spacial score (nSPS) is 24.4. The molecule has 0 amide bonds. The van der Waals surface area contributed by atoms with Gasteiger partial charge in [0.1, 0.15) is 5.82 Å². The molecule has 3 nitrogen and oxygen atoms in total. The molecule has 0 bridgehead atoms. The third-order valence-electron chi connectivity index (χ3n) is 3.75. The van der Waals surface area contributed by atoms with Crippen molar-refractivity contribution in [3.05, 3.63) is 21.8 Å². The zero-order chi connectivity index (χ0) is 12.5. The molecule has 2 aliphatic rings. The summed E-state index contributed by atoms with van der Waals surface area (Å²) in [5.41, 5.74) is 0. The molecule has 0 spiro atoms. The van der Waals surface area contributed by atoms with Crippen LogP contribution in [0.2, 0.25) is 5.02 Å². The molecule has 3 rings (SSSR count). The van der Waals surface area contributed by atoms with Crippen LogP contribution in [0.15, 0.2) is 16.7 Å². The number of pyridine rings is 1. The molecule has 1 N–H and O–H groups in total. The lowest BCUT2D eigenvalue weighted by Gasteiger charge is -2.15. The zero-order valence-corrected chi connectivity index (χ0v) is 12.5. The van der Waals surface area contributed by atoms with Crippen LogP contribution in [0.4, 0.5) is 5.82 Å². The van der Waals surface area contributed by atoms with Gasteiger partial charge in [0.2, 0.25) is 0 Å². The molecule has 0 aromatic carbocycles. The van der Waals surface area contributed by atoms with Crippen molar-refractivity contribution in [1.82, 2.24) is 9.88 Å². The molecular formula is C13H17BrClN3. The molecule has 1 unspecified atom stereocenters. The van der Waals surface area contributed by atoms with Crippen molar-refractivity contribution in [3.63, 3.8) is 0 Å². The maximum Gasteiger partial charge on any atom is 0.144 e. The Bertz CT molecular complexity index is 436. The first kappa shape index (κ1) is 12.7. The molecule has 2 heterocycles. The number of nitrogens with one attached hydrogen (secondary N) is 1. The van der Waals surface area contributed by atoms with E-state index in [1.165, 1.54) is 32.4 Å². The summed E-state index contributed by atoms with van der Waals surface area (Å²) in [7, 11) is 0. The number of anilines is 1. The molecule has 1 atom stereocenters. The molecule has 1 aromatic heterocycles. The number of rotatable bonds is 4. The van der Waals surface area contributed by atoms with Gasteiger partial charge in [-0.05, 0) is 53.7 Å². The second-order valence-corrected chi connectivity index (χ2v) is 6.57. The van der Waals surface area contributed by atoms with E-state index in [0.717, 1.165) is 28.8 Å². The Morgan fingerprint density at radius 1 is 1.44 bits per heavy atom. The van der Waals surface area contributed by atoms with Crippen LogP contribution in [0.5, 0.6) is 0 Å². The van der Waals surface area contributed by atoms with Crippen LogP contribution in [-0.2, 0) is 0 Å². The van der Waals surface area contributed by atoms with Gasteiger partial charge in [-0.3, -0.25) is 0 Å². The molecule has 2 fully saturated rings. The Balaban J connectivity index is 1.51. The Hall–Kier alpha value is -0.320. The fraction of sp³-hybridized carbons (Fsp3) is 0.615. The van der Waals surface area contributed by atoms with Gasteiger partial charge in [0.05, 0.1) is 5.02 Å². The minimum atomic E-state index is 0.682. The van der Waals surface area contributed by atoms with Crippen molar-refractivity contribution in [2.24, 2.45) is 5.92 Å². The topological polar surface area (TPSA) is 28.2 Å². The summed E-state index contributed by atoms with van der Waals surface area (Å²) in [4.78, 5) is 6.93. The Morgan fingerprint density at radius 2 is 2.28 bits per heavy atom. The summed E-state index contributed by atoms with van der Waals surface area (Å²) in [6.07, 6.45) is 5.87. The van der Waals surface area contributed by atoms with Crippen LogP contribution in [0.25, 0.3) is 0 Å². The van der Waals surface area contributed by atoms with Crippen LogP contribution >= 0.6 is 27.5 Å². The highest BCUT2D eigenvalue weighted by Gasteiger charge is 2.34. The first-order valence-electron chi connectivity index (χ1n) is 6.51. The van der Waals surface area contributed by atoms with Crippen molar-refractivity contribution < 1.29 is 0 Å². The van der Waals surface area contributed by atoms with E-state index in [0.29, 0.717) is 5.02 Å². The quantitative estimate of drug-likeness (QED) is 0.917. The summed E-state index contributed by atoms with van der Waals surface area (Å²) in [6.45, 7) is 3.46. The average Bonchev–Trinajstić information content (AvgIpc) is 3.08. The number of hydrogen-bond acceptors (Lipinski definition) is 3. The maximum absolute atomic E-state index is 6.14. The van der Waals surface area contributed by atoms with E-state index in [-0.39, 0.29) is 0 Å². The van der Waals surface area contributed by atoms with E-state index >= 15 is 0 Å². The van der Waals surface area contributed by atoms with E-state index < -0.39 is 0 Å². The fourth-order valence-electron chi connectivity index (χ4n) is 2.59. The van der Waals surface area contributed by atoms with Gasteiger partial charge in [0.15, 0.2) is 0 Å². The van der Waals surface area contributed by atoms with Gasteiger partial charge in [0.25, 0.3) is 0 Å². The Kier molecular flexibility index (Phi) is 3.78. The number of nitrogens with zero attached hydrogens (tertiary/aromatic N) is 2. The molecule has 1 saturated carbocycles. The lowest BCUT2D eigenvalue weighted by molar-refractivity contribution is 0.316. The Labute approximate surface area is 121 Å². The lowest BCUT2D eigenvalue weighted by atomic mass is 10.1. The molecule has 5 heteroatoms. The molecule has 1 aliphatic carbocycles. The van der Waals surface area contributed by atoms with Crippen LogP contribution in [0.1, 0.15) is 19.3 Å². The minimum Gasteiger partial charge on any atom is -0.369 e. The third kappa shape index (κ3) is 2.98. The fourth-order valence-corrected chi connectivity index (χ4v) is 3.28. The van der Waals surface area contributed by atoms with E-state index in [4.69, 9.17) is 11.6 Å². The highest BCUT2D eigenvalue weighted by molar-refractivity contribution is 9.10. The van der Waals surface area contributed by atoms with E-state index in [9.17, 15) is 0 Å². The average molecular weight is 331 g/mol. The maximum atomic E-state index is 6.14. The monoisotopic (exact) mass is 329 g/mol. The minimum absolute atomic E-state index is 0.682. The van der Waals surface area contributed by atoms with E-state index in [1.54, 1.807) is 6.20 Å². The summed E-state index contributed by atoms with van der Waals surface area (Å²) < 4.78 is 0.916. The highest BCUT2D eigenvalue weighted by atomic mass is 79.9. The van der Waals surface area contributed by atoms with Gasteiger partial charge >= 0.3 is 0 Å². The second-order valence-electron chi connectivity index (χ2n) is 5.25. The smallest absolute Gasteiger partial charge is 0.144 e. The summed E-state index contributed by atoms with van der Waals surface area (Å²) in [5, 5.41) is 4.05. The van der Waals surface area contributed by atoms with E-state index in [1.807, 2.05) is 6.07 Å². The molecule has 1 aromatic rings. The van der Waals surface area contributed by atoms with Gasteiger partial charge in [-0.2, -0.15) is 0 Å². The largest absolute Gasteiger partial charge is 0.369 e. The van der Waals surface area contributed by atoms with Gasteiger partial charge in [-0.15, -0.1) is 0 Å². The van der Waals surface area contributed by atoms with E-state index in [2.05, 4.69) is 31.1 Å².